The molecule has 1 heterocycles. The number of carbonyl (C=O) groups excluding carboxylic acids is 3. The molecule has 0 N–H and O–H groups in total. The summed E-state index contributed by atoms with van der Waals surface area (Å²) in [7, 11) is 0. The number of carbonyl (C=O) groups is 3. The van der Waals surface area contributed by atoms with Gasteiger partial charge in [0.2, 0.25) is 0 Å². The Morgan fingerprint density at radius 1 is 1.30 bits per heavy atom. The molecular formula is C15H14FNO6. The van der Waals surface area contributed by atoms with Crippen LogP contribution in [0.15, 0.2) is 23.2 Å². The summed E-state index contributed by atoms with van der Waals surface area (Å²) in [6.07, 6.45) is 1.01. The first-order valence-electron chi connectivity index (χ1n) is 6.66. The van der Waals surface area contributed by atoms with Gasteiger partial charge in [-0.15, -0.1) is 0 Å². The van der Waals surface area contributed by atoms with Gasteiger partial charge in [-0.3, -0.25) is 19.4 Å². The molecule has 7 nitrogen and oxygen atoms in total. The maximum atomic E-state index is 13.7. The molecule has 0 aliphatic carbocycles. The van der Waals surface area contributed by atoms with Crippen molar-refractivity contribution in [1.29, 1.82) is 0 Å². The van der Waals surface area contributed by atoms with Crippen LogP contribution >= 0.6 is 0 Å². The zero-order valence-electron chi connectivity index (χ0n) is 12.7. The summed E-state index contributed by atoms with van der Waals surface area (Å²) >= 11 is 0. The molecule has 1 aliphatic rings. The van der Waals surface area contributed by atoms with Crippen molar-refractivity contribution < 1.29 is 33.0 Å². The highest BCUT2D eigenvalue weighted by Gasteiger charge is 2.42. The van der Waals surface area contributed by atoms with Crippen molar-refractivity contribution in [3.05, 3.63) is 24.0 Å². The fourth-order valence-corrected chi connectivity index (χ4v) is 1.82. The number of nitrogens with zero attached hydrogens (tertiary/aromatic N) is 1. The van der Waals surface area contributed by atoms with Gasteiger partial charge in [-0.25, -0.2) is 4.39 Å². The summed E-state index contributed by atoms with van der Waals surface area (Å²) in [5, 5.41) is 0. The molecule has 1 aromatic rings. The molecular weight excluding hydrogens is 309 g/mol. The van der Waals surface area contributed by atoms with Crippen molar-refractivity contribution in [3.63, 3.8) is 0 Å². The second-order valence-electron chi connectivity index (χ2n) is 5.21. The molecule has 0 aromatic heterocycles. The van der Waals surface area contributed by atoms with Gasteiger partial charge in [-0.05, 0) is 12.1 Å². The summed E-state index contributed by atoms with van der Waals surface area (Å²) in [6.45, 7) is 4.01. The van der Waals surface area contributed by atoms with Gasteiger partial charge in [-0.1, -0.05) is 0 Å². The van der Waals surface area contributed by atoms with Crippen LogP contribution < -0.4 is 4.74 Å². The van der Waals surface area contributed by atoms with E-state index < -0.39 is 35.4 Å². The van der Waals surface area contributed by atoms with Crippen molar-refractivity contribution in [1.82, 2.24) is 0 Å². The van der Waals surface area contributed by atoms with Crippen molar-refractivity contribution in [2.24, 2.45) is 10.9 Å². The van der Waals surface area contributed by atoms with Crippen molar-refractivity contribution in [2.45, 2.75) is 26.6 Å². The average molecular weight is 323 g/mol. The van der Waals surface area contributed by atoms with Gasteiger partial charge in [0.1, 0.15) is 0 Å². The molecule has 0 saturated carbocycles. The van der Waals surface area contributed by atoms with E-state index in [-0.39, 0.29) is 11.4 Å². The van der Waals surface area contributed by atoms with Crippen LogP contribution in [0.3, 0.4) is 0 Å². The molecule has 23 heavy (non-hydrogen) atoms. The largest absolute Gasteiger partial charge is 0.424 e. The van der Waals surface area contributed by atoms with Crippen molar-refractivity contribution in [3.8, 4) is 5.75 Å². The Morgan fingerprint density at radius 2 is 1.91 bits per heavy atom. The lowest BCUT2D eigenvalue weighted by Gasteiger charge is -2.31. The van der Waals surface area contributed by atoms with Gasteiger partial charge >= 0.3 is 17.9 Å². The van der Waals surface area contributed by atoms with E-state index in [0.29, 0.717) is 0 Å². The third-order valence-electron chi connectivity index (χ3n) is 2.74. The molecule has 0 spiro atoms. The molecule has 8 heteroatoms. The van der Waals surface area contributed by atoms with Gasteiger partial charge in [-0.2, -0.15) is 0 Å². The molecule has 0 unspecified atom stereocenters. The van der Waals surface area contributed by atoms with E-state index in [4.69, 9.17) is 9.47 Å². The fraction of sp³-hybridized carbons (Fsp3) is 0.333. The lowest BCUT2D eigenvalue weighted by Crippen LogP contribution is -2.46. The quantitative estimate of drug-likeness (QED) is 0.365. The van der Waals surface area contributed by atoms with Crippen LogP contribution in [0.25, 0.3) is 0 Å². The number of halogens is 1. The van der Waals surface area contributed by atoms with Gasteiger partial charge < -0.3 is 14.2 Å². The minimum Gasteiger partial charge on any atom is -0.424 e. The number of esters is 3. The first-order valence-corrected chi connectivity index (χ1v) is 6.66. The van der Waals surface area contributed by atoms with Crippen LogP contribution in [0.1, 0.15) is 20.8 Å². The monoisotopic (exact) mass is 323 g/mol. The lowest BCUT2D eigenvalue weighted by atomic mass is 10.1. The normalized spacial score (nSPS) is 17.7. The predicted octanol–water partition coefficient (Wildman–Crippen LogP) is 1.91. The SMILES string of the molecule is CC(=O)Oc1ccc(N=CC2C(=O)OC(C)(C)OC2=O)cc1F. The summed E-state index contributed by atoms with van der Waals surface area (Å²) in [4.78, 5) is 38.1. The van der Waals surface area contributed by atoms with Crippen LogP contribution in [0.5, 0.6) is 5.75 Å². The Balaban J connectivity index is 2.14. The summed E-state index contributed by atoms with van der Waals surface area (Å²) < 4.78 is 28.2. The summed E-state index contributed by atoms with van der Waals surface area (Å²) in [5.41, 5.74) is 0.129. The van der Waals surface area contributed by atoms with Crippen LogP contribution in [0, 0.1) is 11.7 Å². The van der Waals surface area contributed by atoms with Gasteiger partial charge in [0.05, 0.1) is 5.69 Å². The fourth-order valence-electron chi connectivity index (χ4n) is 1.82. The average Bonchev–Trinajstić information content (AvgIpc) is 2.39. The molecule has 2 rings (SSSR count). The molecule has 1 aromatic carbocycles. The molecule has 0 amide bonds. The highest BCUT2D eigenvalue weighted by atomic mass is 19.1. The topological polar surface area (TPSA) is 91.3 Å². The lowest BCUT2D eigenvalue weighted by molar-refractivity contribution is -0.235. The van der Waals surface area contributed by atoms with Gasteiger partial charge in [0, 0.05) is 33.1 Å². The molecule has 0 atom stereocenters. The molecule has 0 radical (unpaired) electrons. The Hall–Kier alpha value is -2.77. The number of ether oxygens (including phenoxy) is 3. The van der Waals surface area contributed by atoms with Crippen LogP contribution in [0.4, 0.5) is 10.1 Å². The molecule has 1 fully saturated rings. The van der Waals surface area contributed by atoms with E-state index in [1.54, 1.807) is 0 Å². The van der Waals surface area contributed by atoms with E-state index in [9.17, 15) is 18.8 Å². The summed E-state index contributed by atoms with van der Waals surface area (Å²) in [5.74, 6) is -5.94. The molecule has 0 bridgehead atoms. The zero-order chi connectivity index (χ0) is 17.2. The third-order valence-corrected chi connectivity index (χ3v) is 2.74. The predicted molar refractivity (Wildman–Crippen MR) is 75.6 cm³/mol. The highest BCUT2D eigenvalue weighted by Crippen LogP contribution is 2.25. The summed E-state index contributed by atoms with van der Waals surface area (Å²) in [6, 6.07) is 3.57. The Labute approximate surface area is 131 Å². The number of rotatable bonds is 3. The second-order valence-corrected chi connectivity index (χ2v) is 5.21. The van der Waals surface area contributed by atoms with Crippen LogP contribution in [-0.2, 0) is 23.9 Å². The smallest absolute Gasteiger partial charge is 0.329 e. The van der Waals surface area contributed by atoms with E-state index in [1.165, 1.54) is 26.0 Å². The molecule has 122 valence electrons. The second kappa shape index (κ2) is 6.15. The van der Waals surface area contributed by atoms with Crippen LogP contribution in [-0.4, -0.2) is 29.9 Å². The molecule has 1 saturated heterocycles. The molecule has 1 aliphatic heterocycles. The zero-order valence-corrected chi connectivity index (χ0v) is 12.7. The van der Waals surface area contributed by atoms with Crippen LogP contribution in [0.2, 0.25) is 0 Å². The maximum Gasteiger partial charge on any atom is 0.329 e. The minimum absolute atomic E-state index is 0.129. The van der Waals surface area contributed by atoms with E-state index in [2.05, 4.69) is 9.73 Å². The van der Waals surface area contributed by atoms with E-state index in [0.717, 1.165) is 19.2 Å². The Morgan fingerprint density at radius 3 is 2.43 bits per heavy atom. The third kappa shape index (κ3) is 4.12. The first kappa shape index (κ1) is 16.6. The standard InChI is InChI=1S/C15H14FNO6/c1-8(18)21-12-5-4-9(6-11(12)16)17-7-10-13(19)22-15(2,3)23-14(10)20/h4-7,10H,1-3H3. The van der Waals surface area contributed by atoms with E-state index in [1.807, 2.05) is 0 Å². The highest BCUT2D eigenvalue weighted by molar-refractivity contribution is 6.10. The number of hydrogen-bond acceptors (Lipinski definition) is 7. The Bertz CT molecular complexity index is 677. The minimum atomic E-state index is -1.32. The van der Waals surface area contributed by atoms with Gasteiger partial charge in [0.25, 0.3) is 5.79 Å². The number of cyclic esters (lactones) is 2. The van der Waals surface area contributed by atoms with Crippen molar-refractivity contribution in [2.75, 3.05) is 0 Å². The van der Waals surface area contributed by atoms with Crippen molar-refractivity contribution >= 4 is 29.8 Å². The number of hydrogen-bond donors (Lipinski definition) is 0. The number of benzene rings is 1. The van der Waals surface area contributed by atoms with E-state index >= 15 is 0 Å². The van der Waals surface area contributed by atoms with Gasteiger partial charge in [0.15, 0.2) is 17.5 Å². The Kier molecular flexibility index (Phi) is 4.44. The number of aliphatic imine (C=N–C) groups is 1. The first-order chi connectivity index (χ1) is 10.7. The maximum absolute atomic E-state index is 13.7.